The molecule has 0 bridgehead atoms. The second-order valence-corrected chi connectivity index (χ2v) is 6.89. The van der Waals surface area contributed by atoms with Crippen molar-refractivity contribution < 1.29 is 27.5 Å². The number of benzene rings is 2. The number of anilines is 1. The van der Waals surface area contributed by atoms with Gasteiger partial charge in [0.05, 0.1) is 25.3 Å². The SMILES string of the molecule is COC(=O)c1ccc(C(=O)OC)c(S(=O)(=O)Nc2ccc(Cl)cc2)c1. The smallest absolute Gasteiger partial charge is 0.339 e. The van der Waals surface area contributed by atoms with Crippen molar-refractivity contribution in [2.75, 3.05) is 18.9 Å². The lowest BCUT2D eigenvalue weighted by Crippen LogP contribution is -2.18. The number of esters is 2. The predicted molar refractivity (Wildman–Crippen MR) is 91.4 cm³/mol. The van der Waals surface area contributed by atoms with Crippen molar-refractivity contribution in [1.82, 2.24) is 0 Å². The molecule has 2 aromatic rings. The highest BCUT2D eigenvalue weighted by Crippen LogP contribution is 2.23. The number of nitrogens with one attached hydrogen (secondary N) is 1. The van der Waals surface area contributed by atoms with Crippen molar-refractivity contribution in [1.29, 1.82) is 0 Å². The van der Waals surface area contributed by atoms with Crippen LogP contribution in [0.15, 0.2) is 47.4 Å². The fourth-order valence-electron chi connectivity index (χ4n) is 2.00. The van der Waals surface area contributed by atoms with Gasteiger partial charge in [-0.3, -0.25) is 4.72 Å². The molecule has 0 radical (unpaired) electrons. The van der Waals surface area contributed by atoms with Gasteiger partial charge in [-0.25, -0.2) is 18.0 Å². The first-order valence-corrected chi connectivity index (χ1v) is 8.73. The Balaban J connectivity index is 2.54. The molecule has 1 N–H and O–H groups in total. The van der Waals surface area contributed by atoms with Crippen LogP contribution in [0.4, 0.5) is 5.69 Å². The Morgan fingerprint density at radius 3 is 2.12 bits per heavy atom. The number of carbonyl (C=O) groups is 2. The van der Waals surface area contributed by atoms with Crippen LogP contribution in [0.2, 0.25) is 5.02 Å². The zero-order valence-corrected chi connectivity index (χ0v) is 14.8. The summed E-state index contributed by atoms with van der Waals surface area (Å²) in [6.45, 7) is 0. The van der Waals surface area contributed by atoms with Crippen LogP contribution in [-0.4, -0.2) is 34.6 Å². The largest absolute Gasteiger partial charge is 0.465 e. The monoisotopic (exact) mass is 383 g/mol. The minimum absolute atomic E-state index is 0.0216. The Labute approximate surface area is 149 Å². The molecule has 0 saturated heterocycles. The van der Waals surface area contributed by atoms with Gasteiger partial charge in [0.2, 0.25) is 0 Å². The topological polar surface area (TPSA) is 98.8 Å². The zero-order valence-electron chi connectivity index (χ0n) is 13.3. The molecular weight excluding hydrogens is 370 g/mol. The minimum atomic E-state index is -4.18. The summed E-state index contributed by atoms with van der Waals surface area (Å²) in [4.78, 5) is 23.1. The summed E-state index contributed by atoms with van der Waals surface area (Å²) in [5.41, 5.74) is 0.00642. The third-order valence-electron chi connectivity index (χ3n) is 3.19. The van der Waals surface area contributed by atoms with Gasteiger partial charge < -0.3 is 9.47 Å². The molecule has 7 nitrogen and oxygen atoms in total. The van der Waals surface area contributed by atoms with Crippen molar-refractivity contribution in [3.8, 4) is 0 Å². The van der Waals surface area contributed by atoms with Gasteiger partial charge in [-0.15, -0.1) is 0 Å². The molecule has 2 aromatic carbocycles. The lowest BCUT2D eigenvalue weighted by Gasteiger charge is -2.12. The first-order valence-electron chi connectivity index (χ1n) is 6.87. The Kier molecular flexibility index (Phi) is 5.66. The van der Waals surface area contributed by atoms with Crippen molar-refractivity contribution >= 4 is 39.3 Å². The van der Waals surface area contributed by atoms with E-state index in [2.05, 4.69) is 14.2 Å². The third-order valence-corrected chi connectivity index (χ3v) is 4.87. The van der Waals surface area contributed by atoms with E-state index in [1.807, 2.05) is 0 Å². The molecule has 0 unspecified atom stereocenters. The number of hydrogen-bond donors (Lipinski definition) is 1. The highest BCUT2D eigenvalue weighted by Gasteiger charge is 2.25. The zero-order chi connectivity index (χ0) is 18.6. The first kappa shape index (κ1) is 18.8. The maximum Gasteiger partial charge on any atom is 0.339 e. The Hall–Kier alpha value is -2.58. The summed E-state index contributed by atoms with van der Waals surface area (Å²) in [7, 11) is -1.89. The second-order valence-electron chi connectivity index (χ2n) is 4.81. The normalized spacial score (nSPS) is 10.8. The summed E-state index contributed by atoms with van der Waals surface area (Å²) in [5, 5.41) is 0.436. The second kappa shape index (κ2) is 7.54. The maximum atomic E-state index is 12.7. The number of rotatable bonds is 5. The molecule has 132 valence electrons. The van der Waals surface area contributed by atoms with E-state index in [0.29, 0.717) is 5.02 Å². The summed E-state index contributed by atoms with van der Waals surface area (Å²) in [6.07, 6.45) is 0. The maximum absolute atomic E-state index is 12.7. The van der Waals surface area contributed by atoms with Crippen LogP contribution in [-0.2, 0) is 19.5 Å². The standard InChI is InChI=1S/C16H14ClNO6S/c1-23-15(19)10-3-8-13(16(20)24-2)14(9-10)25(21,22)18-12-6-4-11(17)5-7-12/h3-9,18H,1-2H3. The summed E-state index contributed by atoms with van der Waals surface area (Å²) < 4.78 is 36.9. The quantitative estimate of drug-likeness (QED) is 0.797. The van der Waals surface area contributed by atoms with Gasteiger partial charge in [-0.2, -0.15) is 0 Å². The van der Waals surface area contributed by atoms with E-state index in [1.165, 1.54) is 36.4 Å². The number of carbonyl (C=O) groups excluding carboxylic acids is 2. The molecule has 9 heteroatoms. The van der Waals surface area contributed by atoms with Crippen molar-refractivity contribution in [3.05, 3.63) is 58.6 Å². The van der Waals surface area contributed by atoms with E-state index in [4.69, 9.17) is 11.6 Å². The third kappa shape index (κ3) is 4.28. The van der Waals surface area contributed by atoms with E-state index in [1.54, 1.807) is 0 Å². The molecule has 0 saturated carbocycles. The fraction of sp³-hybridized carbons (Fsp3) is 0.125. The van der Waals surface area contributed by atoms with Crippen LogP contribution >= 0.6 is 11.6 Å². The van der Waals surface area contributed by atoms with E-state index in [9.17, 15) is 18.0 Å². The van der Waals surface area contributed by atoms with Gasteiger partial charge in [0, 0.05) is 10.7 Å². The van der Waals surface area contributed by atoms with Gasteiger partial charge in [0.25, 0.3) is 10.0 Å². The Morgan fingerprint density at radius 2 is 1.56 bits per heavy atom. The van der Waals surface area contributed by atoms with Gasteiger partial charge >= 0.3 is 11.9 Å². The number of halogens is 1. The molecule has 0 fully saturated rings. The van der Waals surface area contributed by atoms with Crippen molar-refractivity contribution in [3.63, 3.8) is 0 Å². The molecule has 0 aliphatic carbocycles. The van der Waals surface area contributed by atoms with Gasteiger partial charge in [0.1, 0.15) is 4.90 Å². The van der Waals surface area contributed by atoms with E-state index >= 15 is 0 Å². The number of hydrogen-bond acceptors (Lipinski definition) is 6. The molecule has 0 aliphatic heterocycles. The van der Waals surface area contributed by atoms with Crippen LogP contribution in [0.3, 0.4) is 0 Å². The lowest BCUT2D eigenvalue weighted by molar-refractivity contribution is 0.0583. The van der Waals surface area contributed by atoms with E-state index in [0.717, 1.165) is 20.3 Å². The average molecular weight is 384 g/mol. The lowest BCUT2D eigenvalue weighted by atomic mass is 10.1. The molecule has 0 aromatic heterocycles. The van der Waals surface area contributed by atoms with Gasteiger partial charge in [-0.1, -0.05) is 11.6 Å². The van der Waals surface area contributed by atoms with Gasteiger partial charge in [-0.05, 0) is 42.5 Å². The number of sulfonamides is 1. The average Bonchev–Trinajstić information content (AvgIpc) is 2.61. The molecule has 2 rings (SSSR count). The van der Waals surface area contributed by atoms with Crippen LogP contribution in [0.5, 0.6) is 0 Å². The van der Waals surface area contributed by atoms with E-state index < -0.39 is 26.9 Å². The predicted octanol–water partition coefficient (Wildman–Crippen LogP) is 2.71. The van der Waals surface area contributed by atoms with Crippen LogP contribution in [0.25, 0.3) is 0 Å². The van der Waals surface area contributed by atoms with E-state index in [-0.39, 0.29) is 16.8 Å². The molecule has 0 amide bonds. The van der Waals surface area contributed by atoms with Crippen LogP contribution in [0.1, 0.15) is 20.7 Å². The summed E-state index contributed by atoms with van der Waals surface area (Å²) in [6, 6.07) is 9.45. The molecule has 0 atom stereocenters. The number of methoxy groups -OCH3 is 2. The molecular formula is C16H14ClNO6S. The highest BCUT2D eigenvalue weighted by atomic mass is 35.5. The summed E-state index contributed by atoms with van der Waals surface area (Å²) >= 11 is 5.77. The summed E-state index contributed by atoms with van der Waals surface area (Å²) in [5.74, 6) is -1.59. The molecule has 0 spiro atoms. The van der Waals surface area contributed by atoms with Crippen molar-refractivity contribution in [2.24, 2.45) is 0 Å². The molecule has 0 heterocycles. The van der Waals surface area contributed by atoms with Crippen LogP contribution in [0, 0.1) is 0 Å². The first-order chi connectivity index (χ1) is 11.8. The minimum Gasteiger partial charge on any atom is -0.465 e. The number of ether oxygens (including phenoxy) is 2. The van der Waals surface area contributed by atoms with Crippen molar-refractivity contribution in [2.45, 2.75) is 4.90 Å². The van der Waals surface area contributed by atoms with Gasteiger partial charge in [0.15, 0.2) is 0 Å². The Bertz CT molecular complexity index is 909. The molecule has 25 heavy (non-hydrogen) atoms. The molecule has 0 aliphatic rings. The Morgan fingerprint density at radius 1 is 0.960 bits per heavy atom. The fourth-order valence-corrected chi connectivity index (χ4v) is 3.40. The van der Waals surface area contributed by atoms with Crippen LogP contribution < -0.4 is 4.72 Å². The highest BCUT2D eigenvalue weighted by molar-refractivity contribution is 7.92.